The second kappa shape index (κ2) is 9.10. The molecule has 1 aliphatic heterocycles. The Labute approximate surface area is 195 Å². The molecule has 4 aromatic rings. The third-order valence-corrected chi connectivity index (χ3v) is 7.07. The standard InChI is InChI=1S/C24H23ClN4O2S/c1-15(22(30)16-8-10-17(25)11-9-16)32-24-28-27-23(29(24)14-18-5-4-12-31-18)20-13-26-21-7-3-2-6-19(20)21/h2-3,6-11,13,15,18,26H,4-5,12,14H2,1H3. The minimum atomic E-state index is -0.320. The van der Waals surface area contributed by atoms with E-state index >= 15 is 0 Å². The van der Waals surface area contributed by atoms with E-state index in [2.05, 4.69) is 25.8 Å². The molecule has 2 unspecified atom stereocenters. The fourth-order valence-electron chi connectivity index (χ4n) is 4.05. The van der Waals surface area contributed by atoms with Gasteiger partial charge in [-0.2, -0.15) is 0 Å². The third kappa shape index (κ3) is 4.20. The first-order valence-corrected chi connectivity index (χ1v) is 11.9. The number of aromatic amines is 1. The van der Waals surface area contributed by atoms with Crippen molar-refractivity contribution in [1.82, 2.24) is 19.7 Å². The number of carbonyl (C=O) groups is 1. The summed E-state index contributed by atoms with van der Waals surface area (Å²) in [6.07, 6.45) is 4.16. The van der Waals surface area contributed by atoms with Crippen LogP contribution in [0.3, 0.4) is 0 Å². The molecule has 1 N–H and O–H groups in total. The van der Waals surface area contributed by atoms with Crippen molar-refractivity contribution in [1.29, 1.82) is 0 Å². The van der Waals surface area contributed by atoms with Gasteiger partial charge in [-0.15, -0.1) is 10.2 Å². The number of nitrogens with zero attached hydrogens (tertiary/aromatic N) is 3. The molecule has 32 heavy (non-hydrogen) atoms. The maximum atomic E-state index is 13.0. The average Bonchev–Trinajstić information content (AvgIpc) is 3.55. The topological polar surface area (TPSA) is 72.8 Å². The van der Waals surface area contributed by atoms with Gasteiger partial charge >= 0.3 is 0 Å². The first-order valence-electron chi connectivity index (χ1n) is 10.7. The van der Waals surface area contributed by atoms with Gasteiger partial charge in [-0.1, -0.05) is 41.6 Å². The summed E-state index contributed by atoms with van der Waals surface area (Å²) in [6.45, 7) is 3.34. The zero-order valence-corrected chi connectivity index (χ0v) is 19.2. The predicted molar refractivity (Wildman–Crippen MR) is 127 cm³/mol. The number of hydrogen-bond donors (Lipinski definition) is 1. The summed E-state index contributed by atoms with van der Waals surface area (Å²) in [7, 11) is 0. The molecule has 1 aliphatic rings. The smallest absolute Gasteiger partial charge is 0.192 e. The number of halogens is 1. The zero-order valence-electron chi connectivity index (χ0n) is 17.6. The molecule has 0 bridgehead atoms. The summed E-state index contributed by atoms with van der Waals surface area (Å²) in [5.41, 5.74) is 2.68. The maximum Gasteiger partial charge on any atom is 0.192 e. The number of thioether (sulfide) groups is 1. The van der Waals surface area contributed by atoms with E-state index in [1.807, 2.05) is 31.3 Å². The van der Waals surface area contributed by atoms with Crippen LogP contribution >= 0.6 is 23.4 Å². The van der Waals surface area contributed by atoms with E-state index in [4.69, 9.17) is 16.3 Å². The summed E-state index contributed by atoms with van der Waals surface area (Å²) in [5.74, 6) is 0.818. The van der Waals surface area contributed by atoms with Crippen molar-refractivity contribution in [3.05, 3.63) is 65.3 Å². The highest BCUT2D eigenvalue weighted by Crippen LogP contribution is 2.33. The van der Waals surface area contributed by atoms with Gasteiger partial charge < -0.3 is 9.72 Å². The summed E-state index contributed by atoms with van der Waals surface area (Å²) < 4.78 is 8.00. The van der Waals surface area contributed by atoms with Crippen LogP contribution in [0.15, 0.2) is 59.9 Å². The monoisotopic (exact) mass is 466 g/mol. The van der Waals surface area contributed by atoms with Gasteiger partial charge in [0.15, 0.2) is 16.8 Å². The Balaban J connectivity index is 1.47. The molecule has 2 atom stereocenters. The van der Waals surface area contributed by atoms with Crippen molar-refractivity contribution in [3.8, 4) is 11.4 Å². The van der Waals surface area contributed by atoms with Crippen LogP contribution < -0.4 is 0 Å². The van der Waals surface area contributed by atoms with E-state index < -0.39 is 0 Å². The lowest BCUT2D eigenvalue weighted by Crippen LogP contribution is -2.19. The molecule has 1 fully saturated rings. The van der Waals surface area contributed by atoms with Gasteiger partial charge in [0, 0.05) is 39.9 Å². The number of ketones is 1. The molecule has 3 heterocycles. The van der Waals surface area contributed by atoms with E-state index in [1.54, 1.807) is 24.3 Å². The predicted octanol–water partition coefficient (Wildman–Crippen LogP) is 5.62. The van der Waals surface area contributed by atoms with Crippen LogP contribution in [-0.2, 0) is 11.3 Å². The quantitative estimate of drug-likeness (QED) is 0.282. The second-order valence-corrected chi connectivity index (χ2v) is 9.68. The first kappa shape index (κ1) is 21.2. The van der Waals surface area contributed by atoms with Gasteiger partial charge in [0.1, 0.15) is 0 Å². The first-order chi connectivity index (χ1) is 15.6. The van der Waals surface area contributed by atoms with Crippen LogP contribution in [0, 0.1) is 0 Å². The van der Waals surface area contributed by atoms with Gasteiger partial charge in [-0.05, 0) is 50.1 Å². The highest BCUT2D eigenvalue weighted by molar-refractivity contribution is 8.00. The third-order valence-electron chi connectivity index (χ3n) is 5.74. The fraction of sp³-hybridized carbons (Fsp3) is 0.292. The number of benzene rings is 2. The molecule has 6 nitrogen and oxygen atoms in total. The Morgan fingerprint density at radius 3 is 2.84 bits per heavy atom. The van der Waals surface area contributed by atoms with Gasteiger partial charge in [-0.3, -0.25) is 9.36 Å². The molecule has 0 amide bonds. The van der Waals surface area contributed by atoms with E-state index in [-0.39, 0.29) is 17.1 Å². The van der Waals surface area contributed by atoms with Crippen LogP contribution in [0.1, 0.15) is 30.1 Å². The van der Waals surface area contributed by atoms with Crippen LogP contribution in [0.2, 0.25) is 5.02 Å². The summed E-state index contributed by atoms with van der Waals surface area (Å²) in [6, 6.07) is 15.1. The van der Waals surface area contributed by atoms with Gasteiger partial charge in [0.05, 0.1) is 17.9 Å². The normalized spacial score (nSPS) is 17.1. The van der Waals surface area contributed by atoms with Crippen LogP contribution in [0.25, 0.3) is 22.3 Å². The number of rotatable bonds is 7. The molecule has 2 aromatic heterocycles. The lowest BCUT2D eigenvalue weighted by Gasteiger charge is -2.16. The molecule has 2 aromatic carbocycles. The lowest BCUT2D eigenvalue weighted by atomic mass is 10.1. The van der Waals surface area contributed by atoms with E-state index in [9.17, 15) is 4.79 Å². The van der Waals surface area contributed by atoms with E-state index in [1.165, 1.54) is 11.8 Å². The molecule has 164 valence electrons. The molecule has 0 saturated carbocycles. The van der Waals surface area contributed by atoms with Gasteiger partial charge in [0.2, 0.25) is 0 Å². The highest BCUT2D eigenvalue weighted by atomic mass is 35.5. The van der Waals surface area contributed by atoms with Crippen molar-refractivity contribution in [3.63, 3.8) is 0 Å². The van der Waals surface area contributed by atoms with Gasteiger partial charge in [-0.25, -0.2) is 0 Å². The average molecular weight is 467 g/mol. The molecular formula is C24H23ClN4O2S. The van der Waals surface area contributed by atoms with Crippen molar-refractivity contribution in [2.24, 2.45) is 0 Å². The molecule has 1 saturated heterocycles. The SMILES string of the molecule is CC(Sc1nnc(-c2c[nH]c3ccccc23)n1CC1CCCO1)C(=O)c1ccc(Cl)cc1. The summed E-state index contributed by atoms with van der Waals surface area (Å²) in [4.78, 5) is 16.3. The number of ether oxygens (including phenoxy) is 1. The van der Waals surface area contributed by atoms with Gasteiger partial charge in [0.25, 0.3) is 0 Å². The molecule has 0 radical (unpaired) electrons. The Hall–Kier alpha value is -2.61. The van der Waals surface area contributed by atoms with Crippen molar-refractivity contribution in [2.75, 3.05) is 6.61 Å². The van der Waals surface area contributed by atoms with Crippen LogP contribution in [-0.4, -0.2) is 43.5 Å². The Morgan fingerprint density at radius 1 is 1.25 bits per heavy atom. The molecular weight excluding hydrogens is 444 g/mol. The van der Waals surface area contributed by atoms with Crippen molar-refractivity contribution < 1.29 is 9.53 Å². The summed E-state index contributed by atoms with van der Waals surface area (Å²) >= 11 is 7.39. The van der Waals surface area contributed by atoms with E-state index in [0.717, 1.165) is 46.9 Å². The number of aromatic nitrogens is 4. The highest BCUT2D eigenvalue weighted by Gasteiger charge is 2.26. The van der Waals surface area contributed by atoms with Crippen molar-refractivity contribution >= 4 is 40.0 Å². The molecule has 8 heteroatoms. The van der Waals surface area contributed by atoms with E-state index in [0.29, 0.717) is 17.1 Å². The number of H-pyrrole nitrogens is 1. The molecule has 0 spiro atoms. The molecule has 0 aliphatic carbocycles. The van der Waals surface area contributed by atoms with Crippen LogP contribution in [0.4, 0.5) is 0 Å². The van der Waals surface area contributed by atoms with Crippen LogP contribution in [0.5, 0.6) is 0 Å². The number of Topliss-reactive ketones (excluding diaryl/α,β-unsaturated/α-hetero) is 1. The zero-order chi connectivity index (χ0) is 22.1. The fourth-order valence-corrected chi connectivity index (χ4v) is 5.11. The molecule has 5 rings (SSSR count). The minimum Gasteiger partial charge on any atom is -0.376 e. The Morgan fingerprint density at radius 2 is 2.06 bits per heavy atom. The number of carbonyl (C=O) groups excluding carboxylic acids is 1. The Kier molecular flexibility index (Phi) is 6.04. The summed E-state index contributed by atoms with van der Waals surface area (Å²) in [5, 5.41) is 11.1. The number of hydrogen-bond acceptors (Lipinski definition) is 5. The number of para-hydroxylation sites is 1. The maximum absolute atomic E-state index is 13.0. The Bertz CT molecular complexity index is 1240. The largest absolute Gasteiger partial charge is 0.376 e. The van der Waals surface area contributed by atoms with Crippen molar-refractivity contribution in [2.45, 2.75) is 42.8 Å². The minimum absolute atomic E-state index is 0.0342. The number of nitrogens with one attached hydrogen (secondary N) is 1. The number of fused-ring (bicyclic) bond motifs is 1. The lowest BCUT2D eigenvalue weighted by molar-refractivity contribution is 0.0953. The second-order valence-electron chi connectivity index (χ2n) is 7.93.